The highest BCUT2D eigenvalue weighted by atomic mass is 32.2. The number of sulfonamides is 1. The first-order valence-electron chi connectivity index (χ1n) is 8.00. The number of aryl methyl sites for hydroxylation is 1. The second-order valence-electron chi connectivity index (χ2n) is 6.27. The molecule has 1 N–H and O–H groups in total. The second-order valence-corrected chi connectivity index (χ2v) is 7.90. The van der Waals surface area contributed by atoms with Crippen molar-refractivity contribution in [2.45, 2.75) is 37.6 Å². The Bertz CT molecular complexity index is 807. The topological polar surface area (TPSA) is 93.0 Å². The fourth-order valence-corrected chi connectivity index (χ4v) is 3.81. The zero-order chi connectivity index (χ0) is 17.3. The van der Waals surface area contributed by atoms with Crippen LogP contribution in [0.5, 0.6) is 0 Å². The van der Waals surface area contributed by atoms with Gasteiger partial charge in [0, 0.05) is 32.3 Å². The first-order valence-corrected chi connectivity index (χ1v) is 9.48. The van der Waals surface area contributed by atoms with Crippen LogP contribution in [0.4, 0.5) is 11.6 Å². The second kappa shape index (κ2) is 6.39. The minimum absolute atomic E-state index is 0.00248. The van der Waals surface area contributed by atoms with Crippen molar-refractivity contribution in [3.8, 4) is 0 Å². The molecule has 2 aromatic heterocycles. The van der Waals surface area contributed by atoms with Crippen LogP contribution in [0.2, 0.25) is 0 Å². The third kappa shape index (κ3) is 3.35. The van der Waals surface area contributed by atoms with E-state index in [0.717, 1.165) is 31.8 Å². The molecule has 0 aliphatic carbocycles. The Morgan fingerprint density at radius 3 is 2.33 bits per heavy atom. The number of aromatic nitrogens is 4. The summed E-state index contributed by atoms with van der Waals surface area (Å²) < 4.78 is 29.2. The molecule has 2 aromatic rings. The molecule has 9 heteroatoms. The fourth-order valence-electron chi connectivity index (χ4n) is 2.78. The molecule has 0 radical (unpaired) electrons. The number of nitrogens with zero attached hydrogens (tertiary/aromatic N) is 5. The van der Waals surface area contributed by atoms with Gasteiger partial charge in [0.2, 0.25) is 5.95 Å². The first kappa shape index (κ1) is 16.7. The summed E-state index contributed by atoms with van der Waals surface area (Å²) in [6.45, 7) is 5.82. The van der Waals surface area contributed by atoms with Gasteiger partial charge in [-0.15, -0.1) is 0 Å². The number of rotatable bonds is 5. The van der Waals surface area contributed by atoms with Crippen molar-refractivity contribution < 1.29 is 8.42 Å². The van der Waals surface area contributed by atoms with Gasteiger partial charge < -0.3 is 9.47 Å². The summed E-state index contributed by atoms with van der Waals surface area (Å²) in [5.41, 5.74) is 0.328. The molecule has 8 nitrogen and oxygen atoms in total. The van der Waals surface area contributed by atoms with E-state index in [4.69, 9.17) is 0 Å². The van der Waals surface area contributed by atoms with Crippen LogP contribution in [0.15, 0.2) is 23.6 Å². The fraction of sp³-hybridized carbons (Fsp3) is 0.533. The largest absolute Gasteiger partial charge is 0.341 e. The van der Waals surface area contributed by atoms with Crippen LogP contribution in [0.25, 0.3) is 0 Å². The molecular weight excluding hydrogens is 328 g/mol. The monoisotopic (exact) mass is 350 g/mol. The molecular formula is C15H22N6O2S. The minimum atomic E-state index is -3.76. The molecule has 3 heterocycles. The molecule has 0 aromatic carbocycles. The Kier molecular flexibility index (Phi) is 4.44. The Morgan fingerprint density at radius 1 is 1.17 bits per heavy atom. The Hall–Kier alpha value is -2.16. The zero-order valence-electron chi connectivity index (χ0n) is 14.1. The summed E-state index contributed by atoms with van der Waals surface area (Å²) in [4.78, 5) is 14.8. The minimum Gasteiger partial charge on any atom is -0.341 e. The predicted molar refractivity (Wildman–Crippen MR) is 91.6 cm³/mol. The maximum Gasteiger partial charge on any atom is 0.281 e. The van der Waals surface area contributed by atoms with Gasteiger partial charge in [0.1, 0.15) is 5.82 Å². The maximum atomic E-state index is 12.5. The van der Waals surface area contributed by atoms with Crippen LogP contribution in [0, 0.1) is 0 Å². The lowest BCUT2D eigenvalue weighted by molar-refractivity contribution is 0.597. The first-order chi connectivity index (χ1) is 11.4. The Balaban J connectivity index is 1.77. The number of hydrogen-bond acceptors (Lipinski definition) is 6. The predicted octanol–water partition coefficient (Wildman–Crippen LogP) is 1.73. The molecule has 1 fully saturated rings. The van der Waals surface area contributed by atoms with Crippen LogP contribution in [-0.2, 0) is 17.1 Å². The van der Waals surface area contributed by atoms with Crippen LogP contribution in [0.1, 0.15) is 38.4 Å². The third-order valence-corrected chi connectivity index (χ3v) is 5.21. The average Bonchev–Trinajstić information content (AvgIpc) is 3.17. The summed E-state index contributed by atoms with van der Waals surface area (Å²) in [6.07, 6.45) is 6.76. The van der Waals surface area contributed by atoms with Gasteiger partial charge in [-0.3, -0.25) is 4.72 Å². The molecule has 0 saturated carbocycles. The van der Waals surface area contributed by atoms with Gasteiger partial charge in [0.05, 0.1) is 18.1 Å². The molecule has 0 atom stereocenters. The number of hydrogen-bond donors (Lipinski definition) is 1. The quantitative estimate of drug-likeness (QED) is 0.883. The van der Waals surface area contributed by atoms with Crippen molar-refractivity contribution in [1.82, 2.24) is 19.5 Å². The summed E-state index contributed by atoms with van der Waals surface area (Å²) in [7, 11) is -1.97. The molecule has 130 valence electrons. The van der Waals surface area contributed by atoms with Gasteiger partial charge in [-0.05, 0) is 12.8 Å². The van der Waals surface area contributed by atoms with Gasteiger partial charge in [-0.25, -0.2) is 15.0 Å². The average molecular weight is 350 g/mol. The third-order valence-electron chi connectivity index (χ3n) is 3.96. The lowest BCUT2D eigenvalue weighted by atomic mass is 10.2. The highest BCUT2D eigenvalue weighted by Crippen LogP contribution is 2.20. The summed E-state index contributed by atoms with van der Waals surface area (Å²) in [6, 6.07) is 0. The van der Waals surface area contributed by atoms with Crippen molar-refractivity contribution in [2.24, 2.45) is 7.05 Å². The molecule has 0 unspecified atom stereocenters. The number of anilines is 2. The lowest BCUT2D eigenvalue weighted by Crippen LogP contribution is -2.20. The molecule has 1 saturated heterocycles. The van der Waals surface area contributed by atoms with Crippen molar-refractivity contribution in [3.63, 3.8) is 0 Å². The summed E-state index contributed by atoms with van der Waals surface area (Å²) in [5, 5.41) is -0.00248. The van der Waals surface area contributed by atoms with Crippen molar-refractivity contribution >= 4 is 21.7 Å². The van der Waals surface area contributed by atoms with Gasteiger partial charge in [0.15, 0.2) is 5.03 Å². The SMILES string of the molecule is CC(C)c1nc(S(=O)(=O)Nc2cnc(N3CCCC3)nc2)cn1C. The molecule has 0 bridgehead atoms. The normalized spacial score (nSPS) is 15.2. The maximum absolute atomic E-state index is 12.5. The van der Waals surface area contributed by atoms with Gasteiger partial charge in [-0.1, -0.05) is 13.8 Å². The van der Waals surface area contributed by atoms with E-state index >= 15 is 0 Å². The van der Waals surface area contributed by atoms with Crippen molar-refractivity contribution in [3.05, 3.63) is 24.4 Å². The van der Waals surface area contributed by atoms with E-state index in [-0.39, 0.29) is 10.9 Å². The highest BCUT2D eigenvalue weighted by Gasteiger charge is 2.21. The van der Waals surface area contributed by atoms with E-state index in [1.54, 1.807) is 11.6 Å². The lowest BCUT2D eigenvalue weighted by Gasteiger charge is -2.14. The summed E-state index contributed by atoms with van der Waals surface area (Å²) >= 11 is 0. The zero-order valence-corrected chi connectivity index (χ0v) is 14.9. The molecule has 0 spiro atoms. The molecule has 0 amide bonds. The molecule has 1 aliphatic heterocycles. The van der Waals surface area contributed by atoms with E-state index in [1.807, 2.05) is 13.8 Å². The van der Waals surface area contributed by atoms with Crippen molar-refractivity contribution in [2.75, 3.05) is 22.7 Å². The van der Waals surface area contributed by atoms with Crippen LogP contribution >= 0.6 is 0 Å². The van der Waals surface area contributed by atoms with Gasteiger partial charge in [0.25, 0.3) is 10.0 Å². The van der Waals surface area contributed by atoms with E-state index in [9.17, 15) is 8.42 Å². The van der Waals surface area contributed by atoms with Crippen LogP contribution in [-0.4, -0.2) is 41.0 Å². The molecule has 24 heavy (non-hydrogen) atoms. The van der Waals surface area contributed by atoms with Gasteiger partial charge in [-0.2, -0.15) is 8.42 Å². The number of imidazole rings is 1. The van der Waals surface area contributed by atoms with E-state index in [1.165, 1.54) is 18.6 Å². The highest BCUT2D eigenvalue weighted by molar-refractivity contribution is 7.92. The summed E-state index contributed by atoms with van der Waals surface area (Å²) in [5.74, 6) is 1.49. The molecule has 1 aliphatic rings. The number of nitrogens with one attached hydrogen (secondary N) is 1. The Labute approximate surface area is 142 Å². The van der Waals surface area contributed by atoms with E-state index in [2.05, 4.69) is 24.6 Å². The molecule has 3 rings (SSSR count). The van der Waals surface area contributed by atoms with E-state index in [0.29, 0.717) is 11.6 Å². The standard InChI is InChI=1S/C15H22N6O2S/c1-11(2)14-18-13(10-20(14)3)24(22,23)19-12-8-16-15(17-9-12)21-6-4-5-7-21/h8-11,19H,4-7H2,1-3H3. The van der Waals surface area contributed by atoms with Crippen LogP contribution in [0.3, 0.4) is 0 Å². The van der Waals surface area contributed by atoms with E-state index < -0.39 is 10.0 Å². The smallest absolute Gasteiger partial charge is 0.281 e. The van der Waals surface area contributed by atoms with Crippen LogP contribution < -0.4 is 9.62 Å². The van der Waals surface area contributed by atoms with Gasteiger partial charge >= 0.3 is 0 Å². The van der Waals surface area contributed by atoms with Crippen molar-refractivity contribution in [1.29, 1.82) is 0 Å². The Morgan fingerprint density at radius 2 is 1.79 bits per heavy atom.